The summed E-state index contributed by atoms with van der Waals surface area (Å²) < 4.78 is 7.30. The number of carbonyl (C=O) groups is 1. The molecule has 2 amide bonds. The maximum absolute atomic E-state index is 12.1. The van der Waals surface area contributed by atoms with E-state index in [2.05, 4.69) is 25.8 Å². The minimum Gasteiger partial charge on any atom is -0.332 e. The van der Waals surface area contributed by atoms with E-state index in [-0.39, 0.29) is 6.03 Å². The maximum Gasteiger partial charge on any atom is 0.323 e. The minimum atomic E-state index is -0.296. The number of anilines is 2. The first-order chi connectivity index (χ1) is 16.6. The lowest BCUT2D eigenvalue weighted by molar-refractivity contribution is 0.262. The van der Waals surface area contributed by atoms with Crippen LogP contribution in [0.15, 0.2) is 95.9 Å². The number of hydrogen-bond acceptors (Lipinski definition) is 5. The van der Waals surface area contributed by atoms with Crippen LogP contribution in [0.1, 0.15) is 5.56 Å². The molecule has 0 unspecified atom stereocenters. The molecule has 0 bridgehead atoms. The largest absolute Gasteiger partial charge is 0.332 e. The first-order valence-corrected chi connectivity index (χ1v) is 10.8. The summed E-state index contributed by atoms with van der Waals surface area (Å²) in [5.74, 6) is 0.813. The van der Waals surface area contributed by atoms with Crippen molar-refractivity contribution in [2.24, 2.45) is 0 Å². The molecule has 3 aromatic carbocycles. The second-order valence-electron chi connectivity index (χ2n) is 7.50. The Bertz CT molecular complexity index is 1400. The van der Waals surface area contributed by atoms with E-state index >= 15 is 0 Å². The highest BCUT2D eigenvalue weighted by molar-refractivity contribution is 6.30. The fourth-order valence-electron chi connectivity index (χ4n) is 3.32. The van der Waals surface area contributed by atoms with Crippen molar-refractivity contribution in [2.45, 2.75) is 6.54 Å². The van der Waals surface area contributed by atoms with Crippen molar-refractivity contribution in [3.8, 4) is 23.0 Å². The van der Waals surface area contributed by atoms with Crippen molar-refractivity contribution in [1.29, 1.82) is 0 Å². The molecule has 2 heterocycles. The van der Waals surface area contributed by atoms with Crippen molar-refractivity contribution >= 4 is 29.0 Å². The zero-order valence-corrected chi connectivity index (χ0v) is 18.6. The normalized spacial score (nSPS) is 10.7. The average molecular weight is 471 g/mol. The minimum absolute atomic E-state index is 0.296. The molecular formula is C25H19ClN6O2. The van der Waals surface area contributed by atoms with Gasteiger partial charge in [-0.25, -0.2) is 9.78 Å². The number of nitrogens with one attached hydrogen (secondary N) is 2. The van der Waals surface area contributed by atoms with E-state index in [9.17, 15) is 4.79 Å². The number of amides is 2. The van der Waals surface area contributed by atoms with Gasteiger partial charge in [-0.3, -0.25) is 0 Å². The number of halogens is 1. The van der Waals surface area contributed by atoms with Crippen LogP contribution in [-0.4, -0.2) is 25.7 Å². The van der Waals surface area contributed by atoms with Gasteiger partial charge in [-0.2, -0.15) is 4.98 Å². The van der Waals surface area contributed by atoms with Crippen LogP contribution in [0.4, 0.5) is 16.2 Å². The van der Waals surface area contributed by atoms with Crippen molar-refractivity contribution in [3.63, 3.8) is 0 Å². The van der Waals surface area contributed by atoms with E-state index in [0.717, 1.165) is 16.8 Å². The smallest absolute Gasteiger partial charge is 0.323 e. The van der Waals surface area contributed by atoms with E-state index in [0.29, 0.717) is 34.7 Å². The molecule has 0 spiro atoms. The number of para-hydroxylation sites is 1. The molecule has 5 aromatic rings. The fraction of sp³-hybridized carbons (Fsp3) is 0.0400. The Balaban J connectivity index is 1.20. The molecule has 2 N–H and O–H groups in total. The van der Waals surface area contributed by atoms with Gasteiger partial charge in [0.2, 0.25) is 5.82 Å². The van der Waals surface area contributed by atoms with Gasteiger partial charge in [0.05, 0.1) is 6.33 Å². The van der Waals surface area contributed by atoms with E-state index in [1.807, 2.05) is 77.5 Å². The predicted octanol–water partition coefficient (Wildman–Crippen LogP) is 5.95. The topological polar surface area (TPSA) is 97.9 Å². The summed E-state index contributed by atoms with van der Waals surface area (Å²) in [4.78, 5) is 21.0. The quantitative estimate of drug-likeness (QED) is 0.319. The zero-order chi connectivity index (χ0) is 23.3. The second-order valence-corrected chi connectivity index (χ2v) is 7.94. The van der Waals surface area contributed by atoms with Gasteiger partial charge in [-0.1, -0.05) is 47.1 Å². The van der Waals surface area contributed by atoms with Crippen molar-refractivity contribution in [2.75, 3.05) is 10.6 Å². The van der Waals surface area contributed by atoms with Crippen LogP contribution >= 0.6 is 11.6 Å². The summed E-state index contributed by atoms with van der Waals surface area (Å²) in [6.07, 6.45) is 3.56. The first-order valence-electron chi connectivity index (χ1n) is 10.5. The molecule has 0 saturated carbocycles. The van der Waals surface area contributed by atoms with Gasteiger partial charge in [-0.05, 0) is 54.1 Å². The summed E-state index contributed by atoms with van der Waals surface area (Å²) in [6, 6.07) is 23.8. The summed E-state index contributed by atoms with van der Waals surface area (Å²) in [6.45, 7) is 0.599. The standard InChI is InChI=1S/C25H19ClN6O2/c26-19-10-8-18(9-11-19)23-30-24(34-31-23)22-15-32(16-27-22)14-17-6-12-21(13-7-17)29-25(33)28-20-4-2-1-3-5-20/h1-13,15-16H,14H2,(H2,28,29,33). The summed E-state index contributed by atoms with van der Waals surface area (Å²) in [7, 11) is 0. The van der Waals surface area contributed by atoms with Gasteiger partial charge in [0.25, 0.3) is 5.89 Å². The van der Waals surface area contributed by atoms with Gasteiger partial charge < -0.3 is 19.7 Å². The number of carbonyl (C=O) groups excluding carboxylic acids is 1. The van der Waals surface area contributed by atoms with E-state index in [1.165, 1.54) is 0 Å². The van der Waals surface area contributed by atoms with Crippen molar-refractivity contribution in [1.82, 2.24) is 19.7 Å². The van der Waals surface area contributed by atoms with E-state index in [4.69, 9.17) is 16.1 Å². The third-order valence-electron chi connectivity index (χ3n) is 4.99. The van der Waals surface area contributed by atoms with Gasteiger partial charge >= 0.3 is 6.03 Å². The van der Waals surface area contributed by atoms with Crippen LogP contribution in [0.3, 0.4) is 0 Å². The number of rotatable bonds is 6. The molecule has 0 radical (unpaired) electrons. The lowest BCUT2D eigenvalue weighted by Gasteiger charge is -2.08. The molecule has 168 valence electrons. The Morgan fingerprint density at radius 2 is 1.62 bits per heavy atom. The van der Waals surface area contributed by atoms with Crippen LogP contribution in [0.25, 0.3) is 23.0 Å². The molecule has 2 aromatic heterocycles. The number of benzene rings is 3. The summed E-state index contributed by atoms with van der Waals surface area (Å²) in [5, 5.41) is 10.3. The molecule has 0 fully saturated rings. The fourth-order valence-corrected chi connectivity index (χ4v) is 3.45. The molecular weight excluding hydrogens is 452 g/mol. The molecule has 0 saturated heterocycles. The monoisotopic (exact) mass is 470 g/mol. The van der Waals surface area contributed by atoms with Crippen LogP contribution in [-0.2, 0) is 6.54 Å². The Kier molecular flexibility index (Phi) is 6.05. The SMILES string of the molecule is O=C(Nc1ccccc1)Nc1ccc(Cn2cnc(-c3nc(-c4ccc(Cl)cc4)no3)c2)cc1. The van der Waals surface area contributed by atoms with Gasteiger partial charge in [0, 0.05) is 34.7 Å². The second kappa shape index (κ2) is 9.60. The maximum atomic E-state index is 12.1. The predicted molar refractivity (Wildman–Crippen MR) is 131 cm³/mol. The molecule has 0 atom stereocenters. The Hall–Kier alpha value is -4.43. The van der Waals surface area contributed by atoms with E-state index < -0.39 is 0 Å². The Morgan fingerprint density at radius 1 is 0.912 bits per heavy atom. The molecule has 0 aliphatic heterocycles. The lowest BCUT2D eigenvalue weighted by atomic mass is 10.2. The number of imidazole rings is 1. The molecule has 34 heavy (non-hydrogen) atoms. The molecule has 0 aliphatic rings. The number of nitrogens with zero attached hydrogens (tertiary/aromatic N) is 4. The van der Waals surface area contributed by atoms with Gasteiger partial charge in [0.15, 0.2) is 0 Å². The molecule has 0 aliphatic carbocycles. The van der Waals surface area contributed by atoms with Crippen LogP contribution in [0.2, 0.25) is 5.02 Å². The zero-order valence-electron chi connectivity index (χ0n) is 17.9. The van der Waals surface area contributed by atoms with Crippen molar-refractivity contribution < 1.29 is 9.32 Å². The van der Waals surface area contributed by atoms with Crippen LogP contribution < -0.4 is 10.6 Å². The third-order valence-corrected chi connectivity index (χ3v) is 5.24. The number of urea groups is 1. The highest BCUT2D eigenvalue weighted by atomic mass is 35.5. The van der Waals surface area contributed by atoms with Crippen LogP contribution in [0, 0.1) is 0 Å². The lowest BCUT2D eigenvalue weighted by Crippen LogP contribution is -2.19. The molecule has 5 rings (SSSR count). The highest BCUT2D eigenvalue weighted by Gasteiger charge is 2.13. The summed E-state index contributed by atoms with van der Waals surface area (Å²) >= 11 is 5.93. The highest BCUT2D eigenvalue weighted by Crippen LogP contribution is 2.22. The number of aromatic nitrogens is 4. The third kappa shape index (κ3) is 5.13. The van der Waals surface area contributed by atoms with E-state index in [1.54, 1.807) is 18.5 Å². The average Bonchev–Trinajstić information content (AvgIpc) is 3.51. The van der Waals surface area contributed by atoms with Crippen molar-refractivity contribution in [3.05, 3.63) is 102 Å². The van der Waals surface area contributed by atoms with Gasteiger partial charge in [0.1, 0.15) is 5.69 Å². The Labute approximate surface area is 200 Å². The van der Waals surface area contributed by atoms with Gasteiger partial charge in [-0.15, -0.1) is 0 Å². The Morgan fingerprint density at radius 3 is 2.35 bits per heavy atom. The molecule has 8 nitrogen and oxygen atoms in total. The first kappa shape index (κ1) is 21.4. The van der Waals surface area contributed by atoms with Crippen LogP contribution in [0.5, 0.6) is 0 Å². The number of hydrogen-bond donors (Lipinski definition) is 2. The molecule has 9 heteroatoms. The summed E-state index contributed by atoms with van der Waals surface area (Å²) in [5.41, 5.74) is 3.87.